The van der Waals surface area contributed by atoms with E-state index in [0.717, 1.165) is 31.5 Å². The van der Waals surface area contributed by atoms with Crippen molar-refractivity contribution in [3.63, 3.8) is 0 Å². The Morgan fingerprint density at radius 2 is 2.36 bits per heavy atom. The lowest BCUT2D eigenvalue weighted by molar-refractivity contribution is 0.0944. The third-order valence-electron chi connectivity index (χ3n) is 3.66. The maximum atomic E-state index is 12.1. The van der Waals surface area contributed by atoms with Gasteiger partial charge in [-0.2, -0.15) is 5.10 Å². The van der Waals surface area contributed by atoms with Gasteiger partial charge in [0, 0.05) is 31.7 Å². The molecule has 1 fully saturated rings. The minimum atomic E-state index is -0.152. The molecule has 0 spiro atoms. The Balaban J connectivity index is 0.00000176. The van der Waals surface area contributed by atoms with E-state index in [4.69, 9.17) is 0 Å². The Bertz CT molecular complexity index is 595. The summed E-state index contributed by atoms with van der Waals surface area (Å²) in [6, 6.07) is 5.90. The summed E-state index contributed by atoms with van der Waals surface area (Å²) < 4.78 is 1.89. The number of aromatic nitrogens is 3. The molecule has 1 aliphatic rings. The highest BCUT2D eigenvalue weighted by molar-refractivity contribution is 5.92. The third-order valence-corrected chi connectivity index (χ3v) is 3.66. The number of nitrogens with zero attached hydrogens (tertiary/aromatic N) is 3. The van der Waals surface area contributed by atoms with Gasteiger partial charge in [-0.3, -0.25) is 14.5 Å². The summed E-state index contributed by atoms with van der Waals surface area (Å²) in [6.07, 6.45) is 7.59. The number of pyridine rings is 1. The number of nitrogens with one attached hydrogen (secondary N) is 2. The van der Waals surface area contributed by atoms with Crippen LogP contribution in [0.15, 0.2) is 36.8 Å². The summed E-state index contributed by atoms with van der Waals surface area (Å²) >= 11 is 0. The fraction of sp³-hybridized carbons (Fsp3) is 0.400. The van der Waals surface area contributed by atoms with E-state index in [9.17, 15) is 4.79 Å². The summed E-state index contributed by atoms with van der Waals surface area (Å²) in [6.45, 7) is 2.44. The van der Waals surface area contributed by atoms with Crippen LogP contribution in [-0.4, -0.2) is 33.8 Å². The monoisotopic (exact) mass is 321 g/mol. The minimum Gasteiger partial charge on any atom is -0.347 e. The summed E-state index contributed by atoms with van der Waals surface area (Å²) in [7, 11) is 0. The Morgan fingerprint density at radius 1 is 1.45 bits per heavy atom. The van der Waals surface area contributed by atoms with Crippen LogP contribution in [-0.2, 0) is 6.54 Å². The van der Waals surface area contributed by atoms with Crippen molar-refractivity contribution in [2.24, 2.45) is 0 Å². The zero-order valence-corrected chi connectivity index (χ0v) is 13.1. The highest BCUT2D eigenvalue weighted by atomic mass is 35.5. The maximum absolute atomic E-state index is 12.1. The fourth-order valence-corrected chi connectivity index (χ4v) is 2.50. The molecule has 2 aromatic heterocycles. The minimum absolute atomic E-state index is 0. The second-order valence-corrected chi connectivity index (χ2v) is 5.23. The van der Waals surface area contributed by atoms with Crippen LogP contribution in [0.3, 0.4) is 0 Å². The zero-order chi connectivity index (χ0) is 14.5. The molecule has 0 radical (unpaired) electrons. The SMILES string of the molecule is Cl.O=C(NCc1cccnc1)c1ccn(C2CCCNC2)n1. The molecule has 22 heavy (non-hydrogen) atoms. The van der Waals surface area contributed by atoms with Crippen molar-refractivity contribution < 1.29 is 4.79 Å². The topological polar surface area (TPSA) is 71.8 Å². The van der Waals surface area contributed by atoms with E-state index in [1.54, 1.807) is 18.5 Å². The van der Waals surface area contributed by atoms with E-state index in [-0.39, 0.29) is 18.3 Å². The molecule has 0 aromatic carbocycles. The molecule has 1 amide bonds. The van der Waals surface area contributed by atoms with Crippen molar-refractivity contribution in [3.05, 3.63) is 48.0 Å². The molecule has 1 saturated heterocycles. The van der Waals surface area contributed by atoms with Gasteiger partial charge in [0.2, 0.25) is 0 Å². The molecule has 6 nitrogen and oxygen atoms in total. The fourth-order valence-electron chi connectivity index (χ4n) is 2.50. The Hall–Kier alpha value is -1.92. The quantitative estimate of drug-likeness (QED) is 0.896. The molecule has 0 saturated carbocycles. The molecule has 0 aliphatic carbocycles. The molecule has 1 aliphatic heterocycles. The van der Waals surface area contributed by atoms with Crippen LogP contribution in [0.1, 0.15) is 34.9 Å². The van der Waals surface area contributed by atoms with Crippen molar-refractivity contribution in [1.29, 1.82) is 0 Å². The van der Waals surface area contributed by atoms with E-state index < -0.39 is 0 Å². The van der Waals surface area contributed by atoms with E-state index >= 15 is 0 Å². The standard InChI is InChI=1S/C15H19N5O.ClH/c21-15(18-10-12-3-1-6-16-9-12)14-5-8-20(19-14)13-4-2-7-17-11-13;/h1,3,5-6,8-9,13,17H,2,4,7,10-11H2,(H,18,21);1H. The van der Waals surface area contributed by atoms with Crippen LogP contribution in [0.2, 0.25) is 0 Å². The number of carbonyl (C=O) groups is 1. The number of amides is 1. The second-order valence-electron chi connectivity index (χ2n) is 5.23. The molecule has 1 unspecified atom stereocenters. The predicted octanol–water partition coefficient (Wildman–Crippen LogP) is 1.55. The van der Waals surface area contributed by atoms with Crippen molar-refractivity contribution in [3.8, 4) is 0 Å². The van der Waals surface area contributed by atoms with Gasteiger partial charge >= 0.3 is 0 Å². The van der Waals surface area contributed by atoms with E-state index in [1.807, 2.05) is 23.0 Å². The summed E-state index contributed by atoms with van der Waals surface area (Å²) in [4.78, 5) is 16.1. The average Bonchev–Trinajstić information content (AvgIpc) is 3.04. The zero-order valence-electron chi connectivity index (χ0n) is 12.2. The molecule has 2 N–H and O–H groups in total. The first-order chi connectivity index (χ1) is 10.3. The lowest BCUT2D eigenvalue weighted by Gasteiger charge is -2.22. The number of hydrogen-bond acceptors (Lipinski definition) is 4. The Kier molecular flexibility index (Phi) is 5.91. The van der Waals surface area contributed by atoms with E-state index in [2.05, 4.69) is 20.7 Å². The Morgan fingerprint density at radius 3 is 3.09 bits per heavy atom. The first kappa shape index (κ1) is 16.5. The van der Waals surface area contributed by atoms with Crippen molar-refractivity contribution >= 4 is 18.3 Å². The molecule has 2 aromatic rings. The van der Waals surface area contributed by atoms with Crippen LogP contribution >= 0.6 is 12.4 Å². The average molecular weight is 322 g/mol. The maximum Gasteiger partial charge on any atom is 0.272 e. The largest absolute Gasteiger partial charge is 0.347 e. The first-order valence-electron chi connectivity index (χ1n) is 7.26. The number of halogens is 1. The summed E-state index contributed by atoms with van der Waals surface area (Å²) in [5, 5.41) is 10.6. The van der Waals surface area contributed by atoms with Gasteiger partial charge in [0.05, 0.1) is 6.04 Å². The van der Waals surface area contributed by atoms with Gasteiger partial charge in [-0.25, -0.2) is 0 Å². The summed E-state index contributed by atoms with van der Waals surface area (Å²) in [5.41, 5.74) is 1.44. The van der Waals surface area contributed by atoms with Gasteiger partial charge in [-0.05, 0) is 37.1 Å². The number of hydrogen-bond donors (Lipinski definition) is 2. The highest BCUT2D eigenvalue weighted by Gasteiger charge is 2.17. The molecule has 3 rings (SSSR count). The second kappa shape index (κ2) is 7.91. The molecular weight excluding hydrogens is 302 g/mol. The molecule has 1 atom stereocenters. The van der Waals surface area contributed by atoms with Gasteiger partial charge in [-0.1, -0.05) is 6.07 Å². The number of piperidine rings is 1. The lowest BCUT2D eigenvalue weighted by Crippen LogP contribution is -2.32. The Labute approximate surface area is 135 Å². The van der Waals surface area contributed by atoms with Crippen molar-refractivity contribution in [1.82, 2.24) is 25.4 Å². The van der Waals surface area contributed by atoms with E-state index in [1.165, 1.54) is 0 Å². The number of carbonyl (C=O) groups excluding carboxylic acids is 1. The van der Waals surface area contributed by atoms with Crippen LogP contribution in [0.4, 0.5) is 0 Å². The van der Waals surface area contributed by atoms with Crippen LogP contribution in [0.5, 0.6) is 0 Å². The normalized spacial score (nSPS) is 17.5. The highest BCUT2D eigenvalue weighted by Crippen LogP contribution is 2.15. The lowest BCUT2D eigenvalue weighted by atomic mass is 10.1. The molecule has 0 bridgehead atoms. The molecule has 7 heteroatoms. The number of rotatable bonds is 4. The van der Waals surface area contributed by atoms with Gasteiger partial charge < -0.3 is 10.6 Å². The van der Waals surface area contributed by atoms with Crippen molar-refractivity contribution in [2.45, 2.75) is 25.4 Å². The molecule has 118 valence electrons. The first-order valence-corrected chi connectivity index (χ1v) is 7.26. The van der Waals surface area contributed by atoms with Gasteiger partial charge in [0.15, 0.2) is 0 Å². The third kappa shape index (κ3) is 4.05. The molecular formula is C15H20ClN5O. The van der Waals surface area contributed by atoms with Crippen LogP contribution in [0.25, 0.3) is 0 Å². The molecule has 3 heterocycles. The predicted molar refractivity (Wildman–Crippen MR) is 86.0 cm³/mol. The van der Waals surface area contributed by atoms with Gasteiger partial charge in [0.1, 0.15) is 5.69 Å². The van der Waals surface area contributed by atoms with Crippen LogP contribution < -0.4 is 10.6 Å². The van der Waals surface area contributed by atoms with Gasteiger partial charge in [0.25, 0.3) is 5.91 Å². The van der Waals surface area contributed by atoms with Crippen LogP contribution in [0, 0.1) is 0 Å². The van der Waals surface area contributed by atoms with E-state index in [0.29, 0.717) is 18.3 Å². The summed E-state index contributed by atoms with van der Waals surface area (Å²) in [5.74, 6) is -0.152. The van der Waals surface area contributed by atoms with Gasteiger partial charge in [-0.15, -0.1) is 12.4 Å². The smallest absolute Gasteiger partial charge is 0.272 e. The van der Waals surface area contributed by atoms with Crippen molar-refractivity contribution in [2.75, 3.05) is 13.1 Å².